The number of hydrogen-bond acceptors (Lipinski definition) is 0. The number of hydrogen-bond donors (Lipinski definition) is 0. The van der Waals surface area contributed by atoms with Crippen LogP contribution in [0.3, 0.4) is 0 Å². The average Bonchev–Trinajstić information content (AvgIpc) is 1.55. The maximum absolute atomic E-state index is 6.22. The van der Waals surface area contributed by atoms with Gasteiger partial charge in [0.05, 0.1) is 0 Å². The SMILES string of the molecule is C[Si](C)(C)CCC[Si](C)(C)Cl. The fourth-order valence-electron chi connectivity index (χ4n) is 1.04. The summed E-state index contributed by atoms with van der Waals surface area (Å²) in [6.45, 7) is 11.7. The van der Waals surface area contributed by atoms with Gasteiger partial charge in [0.2, 0.25) is 0 Å². The van der Waals surface area contributed by atoms with Crippen molar-refractivity contribution in [1.29, 1.82) is 0 Å². The zero-order valence-electron chi connectivity index (χ0n) is 8.50. The predicted molar refractivity (Wildman–Crippen MR) is 60.9 cm³/mol. The van der Waals surface area contributed by atoms with Gasteiger partial charge in [-0.1, -0.05) is 45.2 Å². The Morgan fingerprint density at radius 3 is 1.64 bits per heavy atom. The van der Waals surface area contributed by atoms with E-state index in [1.165, 1.54) is 18.5 Å². The van der Waals surface area contributed by atoms with E-state index < -0.39 is 15.5 Å². The Bertz CT molecular complexity index is 96.2. The monoisotopic (exact) mass is 208 g/mol. The fraction of sp³-hybridized carbons (Fsp3) is 1.00. The fourth-order valence-corrected chi connectivity index (χ4v) is 4.05. The van der Waals surface area contributed by atoms with Crippen LogP contribution in [0.25, 0.3) is 0 Å². The summed E-state index contributed by atoms with van der Waals surface area (Å²) < 4.78 is 0. The van der Waals surface area contributed by atoms with Crippen molar-refractivity contribution in [2.24, 2.45) is 0 Å². The molecule has 0 atom stereocenters. The molecule has 0 aromatic heterocycles. The van der Waals surface area contributed by atoms with Crippen LogP contribution in [0.15, 0.2) is 0 Å². The first kappa shape index (κ1) is 11.7. The van der Waals surface area contributed by atoms with Gasteiger partial charge in [0, 0.05) is 8.07 Å². The van der Waals surface area contributed by atoms with Crippen molar-refractivity contribution in [1.82, 2.24) is 0 Å². The quantitative estimate of drug-likeness (QED) is 0.481. The smallest absolute Gasteiger partial charge is 0.150 e. The minimum atomic E-state index is -1.26. The molecule has 0 saturated heterocycles. The summed E-state index contributed by atoms with van der Waals surface area (Å²) in [5.74, 6) is 0. The molecule has 0 fully saturated rings. The third-order valence-electron chi connectivity index (χ3n) is 1.70. The van der Waals surface area contributed by atoms with Gasteiger partial charge in [-0.25, -0.2) is 0 Å². The molecular formula is C8H21ClSi2. The third kappa shape index (κ3) is 10.7. The lowest BCUT2D eigenvalue weighted by atomic mass is 10.6. The molecule has 0 unspecified atom stereocenters. The summed E-state index contributed by atoms with van der Waals surface area (Å²) in [7, 11) is -2.06. The first-order valence-corrected chi connectivity index (χ1v) is 12.3. The van der Waals surface area contributed by atoms with Crippen molar-refractivity contribution in [2.75, 3.05) is 0 Å². The molecule has 0 aromatic carbocycles. The highest BCUT2D eigenvalue weighted by atomic mass is 35.6. The van der Waals surface area contributed by atoms with Crippen molar-refractivity contribution in [3.8, 4) is 0 Å². The normalized spacial score (nSPS) is 13.6. The second-order valence-electron chi connectivity index (χ2n) is 5.13. The Labute approximate surface area is 78.1 Å². The summed E-state index contributed by atoms with van der Waals surface area (Å²) in [4.78, 5) is 0. The molecule has 0 rings (SSSR count). The van der Waals surface area contributed by atoms with Crippen LogP contribution in [0, 0.1) is 0 Å². The first-order valence-electron chi connectivity index (χ1n) is 4.40. The molecule has 11 heavy (non-hydrogen) atoms. The predicted octanol–water partition coefficient (Wildman–Crippen LogP) is 4.16. The summed E-state index contributed by atoms with van der Waals surface area (Å²) >= 11 is 6.22. The Balaban J connectivity index is 3.44. The molecule has 0 N–H and O–H groups in total. The van der Waals surface area contributed by atoms with Gasteiger partial charge in [-0.3, -0.25) is 0 Å². The lowest BCUT2D eigenvalue weighted by molar-refractivity contribution is 1.02. The van der Waals surface area contributed by atoms with Crippen LogP contribution < -0.4 is 0 Å². The van der Waals surface area contributed by atoms with Crippen molar-refractivity contribution in [2.45, 2.75) is 51.2 Å². The van der Waals surface area contributed by atoms with Crippen molar-refractivity contribution >= 4 is 26.5 Å². The topological polar surface area (TPSA) is 0 Å². The van der Waals surface area contributed by atoms with Crippen LogP contribution in [-0.2, 0) is 0 Å². The molecule has 0 aliphatic rings. The molecule has 68 valence electrons. The highest BCUT2D eigenvalue weighted by molar-refractivity contribution is 7.19. The van der Waals surface area contributed by atoms with E-state index in [-0.39, 0.29) is 0 Å². The van der Waals surface area contributed by atoms with Gasteiger partial charge in [-0.2, -0.15) is 11.1 Å². The van der Waals surface area contributed by atoms with Gasteiger partial charge in [-0.05, 0) is 6.04 Å². The maximum Gasteiger partial charge on any atom is 0.150 e. The van der Waals surface area contributed by atoms with Crippen LogP contribution in [0.5, 0.6) is 0 Å². The Morgan fingerprint density at radius 1 is 0.909 bits per heavy atom. The van der Waals surface area contributed by atoms with Crippen molar-refractivity contribution in [3.05, 3.63) is 0 Å². The second-order valence-corrected chi connectivity index (χ2v) is 17.8. The summed E-state index contributed by atoms with van der Waals surface area (Å²) in [5.41, 5.74) is 0. The Hall–Kier alpha value is 0.724. The van der Waals surface area contributed by atoms with E-state index in [1.54, 1.807) is 0 Å². The van der Waals surface area contributed by atoms with Gasteiger partial charge in [0.1, 0.15) is 7.38 Å². The van der Waals surface area contributed by atoms with E-state index >= 15 is 0 Å². The average molecular weight is 209 g/mol. The summed E-state index contributed by atoms with van der Waals surface area (Å²) in [6.07, 6.45) is 1.36. The second kappa shape index (κ2) is 4.10. The molecule has 0 amide bonds. The van der Waals surface area contributed by atoms with Crippen LogP contribution in [0.2, 0.25) is 44.8 Å². The van der Waals surface area contributed by atoms with E-state index in [0.29, 0.717) is 0 Å². The molecule has 0 nitrogen and oxygen atoms in total. The van der Waals surface area contributed by atoms with Crippen LogP contribution >= 0.6 is 11.1 Å². The molecule has 0 bridgehead atoms. The first-order chi connectivity index (χ1) is 4.71. The Morgan fingerprint density at radius 2 is 1.36 bits per heavy atom. The van der Waals surface area contributed by atoms with Gasteiger partial charge in [0.15, 0.2) is 0 Å². The van der Waals surface area contributed by atoms with E-state index in [1.807, 2.05) is 0 Å². The van der Waals surface area contributed by atoms with Gasteiger partial charge in [-0.15, -0.1) is 0 Å². The molecule has 0 aromatic rings. The number of halogens is 1. The van der Waals surface area contributed by atoms with Crippen molar-refractivity contribution < 1.29 is 0 Å². The third-order valence-corrected chi connectivity index (χ3v) is 5.66. The van der Waals surface area contributed by atoms with Crippen molar-refractivity contribution in [3.63, 3.8) is 0 Å². The highest BCUT2D eigenvalue weighted by Gasteiger charge is 2.19. The number of rotatable bonds is 4. The van der Waals surface area contributed by atoms with E-state index in [0.717, 1.165) is 0 Å². The molecule has 0 spiro atoms. The maximum atomic E-state index is 6.22. The molecule has 0 aliphatic carbocycles. The minimum Gasteiger partial charge on any atom is -0.168 e. The lowest BCUT2D eigenvalue weighted by Gasteiger charge is -2.18. The largest absolute Gasteiger partial charge is 0.168 e. The van der Waals surface area contributed by atoms with Crippen LogP contribution in [-0.4, -0.2) is 15.5 Å². The van der Waals surface area contributed by atoms with E-state index in [9.17, 15) is 0 Å². The van der Waals surface area contributed by atoms with Gasteiger partial charge >= 0.3 is 0 Å². The highest BCUT2D eigenvalue weighted by Crippen LogP contribution is 2.21. The van der Waals surface area contributed by atoms with Gasteiger partial charge in [0.25, 0.3) is 0 Å². The van der Waals surface area contributed by atoms with E-state index in [2.05, 4.69) is 32.7 Å². The molecule has 0 aliphatic heterocycles. The molecule has 0 radical (unpaired) electrons. The molecule has 0 heterocycles. The summed E-state index contributed by atoms with van der Waals surface area (Å²) in [6, 6.07) is 2.73. The zero-order chi connectivity index (χ0) is 9.12. The summed E-state index contributed by atoms with van der Waals surface area (Å²) in [5, 5.41) is 0. The molecule has 0 saturated carbocycles. The standard InChI is InChI=1S/C8H21ClSi2/c1-10(2,3)7-6-8-11(4,5)9/h6-8H2,1-5H3. The van der Waals surface area contributed by atoms with Gasteiger partial charge < -0.3 is 0 Å². The lowest BCUT2D eigenvalue weighted by Crippen LogP contribution is -2.22. The molecule has 3 heteroatoms. The van der Waals surface area contributed by atoms with Crippen LogP contribution in [0.4, 0.5) is 0 Å². The molecular weight excluding hydrogens is 188 g/mol. The Kier molecular flexibility index (Phi) is 4.37. The minimum absolute atomic E-state index is 0.793. The van der Waals surface area contributed by atoms with Crippen LogP contribution in [0.1, 0.15) is 6.42 Å². The van der Waals surface area contributed by atoms with E-state index in [4.69, 9.17) is 11.1 Å². The zero-order valence-corrected chi connectivity index (χ0v) is 11.3.